The molecule has 0 spiro atoms. The monoisotopic (exact) mass is 414 g/mol. The molecule has 4 aromatic rings. The van der Waals surface area contributed by atoms with E-state index in [0.29, 0.717) is 16.3 Å². The van der Waals surface area contributed by atoms with E-state index in [4.69, 9.17) is 11.6 Å². The molecule has 148 valence electrons. The number of halogens is 1. The molecule has 0 aliphatic heterocycles. The maximum Gasteiger partial charge on any atom is 0.330 e. The lowest BCUT2D eigenvalue weighted by Gasteiger charge is -2.03. The first kappa shape index (κ1) is 19.7. The average Bonchev–Trinajstić information content (AvgIpc) is 3.15. The number of nitrogens with one attached hydrogen (secondary N) is 1. The minimum atomic E-state index is -0.258. The Bertz CT molecular complexity index is 1280. The minimum Gasteiger partial charge on any atom is -0.305 e. The molecular weight excluding hydrogens is 396 g/mol. The maximum absolute atomic E-state index is 12.6. The molecule has 0 saturated heterocycles. The molecule has 30 heavy (non-hydrogen) atoms. The number of benzene rings is 3. The lowest BCUT2D eigenvalue weighted by molar-refractivity contribution is 0.104. The summed E-state index contributed by atoms with van der Waals surface area (Å²) in [5.41, 5.74) is 4.55. The molecule has 0 bridgehead atoms. The SMILES string of the molecule is Cc1ccc(-c2cn(-c3cccc(C(=O)C=Cc4ccc(Cl)cc4)c3)c(=O)[nH]2)cc1. The Kier molecular flexibility index (Phi) is 5.50. The van der Waals surface area contributed by atoms with Crippen molar-refractivity contribution in [2.45, 2.75) is 6.92 Å². The van der Waals surface area contributed by atoms with Crippen molar-refractivity contribution >= 4 is 23.5 Å². The van der Waals surface area contributed by atoms with Gasteiger partial charge in [-0.15, -0.1) is 0 Å². The zero-order valence-electron chi connectivity index (χ0n) is 16.3. The highest BCUT2D eigenvalue weighted by molar-refractivity contribution is 6.30. The molecule has 3 aromatic carbocycles. The Hall–Kier alpha value is -3.63. The van der Waals surface area contributed by atoms with Crippen LogP contribution in [0.1, 0.15) is 21.5 Å². The van der Waals surface area contributed by atoms with Crippen molar-refractivity contribution in [3.63, 3.8) is 0 Å². The number of nitrogens with zero attached hydrogens (tertiary/aromatic N) is 1. The summed E-state index contributed by atoms with van der Waals surface area (Å²) in [6, 6.07) is 22.2. The standard InChI is InChI=1S/C25H19ClN2O2/c1-17-5-10-19(11-6-17)23-16-28(25(30)27-23)22-4-2-3-20(15-22)24(29)14-9-18-7-12-21(26)13-8-18/h2-16H,1H3,(H,27,30). The number of aromatic amines is 1. The summed E-state index contributed by atoms with van der Waals surface area (Å²) in [4.78, 5) is 28.0. The number of allylic oxidation sites excluding steroid dienone is 1. The van der Waals surface area contributed by atoms with Crippen LogP contribution in [0, 0.1) is 6.92 Å². The molecule has 0 fully saturated rings. The van der Waals surface area contributed by atoms with Crippen molar-refractivity contribution in [1.82, 2.24) is 9.55 Å². The van der Waals surface area contributed by atoms with Gasteiger partial charge in [0.1, 0.15) is 0 Å². The van der Waals surface area contributed by atoms with Gasteiger partial charge in [-0.05, 0) is 48.4 Å². The van der Waals surface area contributed by atoms with E-state index >= 15 is 0 Å². The van der Waals surface area contributed by atoms with E-state index in [9.17, 15) is 9.59 Å². The van der Waals surface area contributed by atoms with Crippen molar-refractivity contribution < 1.29 is 4.79 Å². The molecule has 1 aromatic heterocycles. The Morgan fingerprint density at radius 1 is 1.00 bits per heavy atom. The number of ketones is 1. The highest BCUT2D eigenvalue weighted by Gasteiger charge is 2.09. The number of aromatic nitrogens is 2. The van der Waals surface area contributed by atoms with Gasteiger partial charge in [-0.3, -0.25) is 9.36 Å². The molecule has 1 N–H and O–H groups in total. The number of H-pyrrole nitrogens is 1. The van der Waals surface area contributed by atoms with Gasteiger partial charge in [-0.1, -0.05) is 71.8 Å². The van der Waals surface area contributed by atoms with E-state index in [2.05, 4.69) is 4.98 Å². The van der Waals surface area contributed by atoms with Gasteiger partial charge in [0.05, 0.1) is 11.4 Å². The van der Waals surface area contributed by atoms with Gasteiger partial charge >= 0.3 is 5.69 Å². The fraction of sp³-hybridized carbons (Fsp3) is 0.0400. The molecule has 0 aliphatic rings. The summed E-state index contributed by atoms with van der Waals surface area (Å²) in [5, 5.41) is 0.646. The fourth-order valence-corrected chi connectivity index (χ4v) is 3.24. The van der Waals surface area contributed by atoms with Crippen LogP contribution in [0.15, 0.2) is 89.9 Å². The molecule has 0 atom stereocenters. The van der Waals surface area contributed by atoms with Gasteiger partial charge in [-0.25, -0.2) is 4.79 Å². The smallest absolute Gasteiger partial charge is 0.305 e. The van der Waals surface area contributed by atoms with Crippen LogP contribution in [-0.2, 0) is 0 Å². The van der Waals surface area contributed by atoms with E-state index in [1.807, 2.05) is 43.3 Å². The number of aryl methyl sites for hydroxylation is 1. The number of hydrogen-bond acceptors (Lipinski definition) is 2. The molecule has 5 heteroatoms. The molecular formula is C25H19ClN2O2. The number of hydrogen-bond donors (Lipinski definition) is 1. The molecule has 0 radical (unpaired) electrons. The molecule has 1 heterocycles. The molecule has 4 rings (SSSR count). The second-order valence-corrected chi connectivity index (χ2v) is 7.44. The van der Waals surface area contributed by atoms with Gasteiger partial charge in [0.25, 0.3) is 0 Å². The Morgan fingerprint density at radius 3 is 2.47 bits per heavy atom. The van der Waals surface area contributed by atoms with Gasteiger partial charge in [0.15, 0.2) is 5.78 Å². The van der Waals surface area contributed by atoms with Gasteiger partial charge in [0, 0.05) is 16.8 Å². The van der Waals surface area contributed by atoms with Crippen molar-refractivity contribution in [2.24, 2.45) is 0 Å². The number of carbonyl (C=O) groups excluding carboxylic acids is 1. The van der Waals surface area contributed by atoms with E-state index < -0.39 is 0 Å². The molecule has 0 saturated carbocycles. The van der Waals surface area contributed by atoms with Gasteiger partial charge in [-0.2, -0.15) is 0 Å². The lowest BCUT2D eigenvalue weighted by Crippen LogP contribution is -2.14. The van der Waals surface area contributed by atoms with Crippen LogP contribution >= 0.6 is 11.6 Å². The van der Waals surface area contributed by atoms with Crippen molar-refractivity contribution in [3.8, 4) is 16.9 Å². The minimum absolute atomic E-state index is 0.144. The van der Waals surface area contributed by atoms with Crippen LogP contribution in [0.4, 0.5) is 0 Å². The summed E-state index contributed by atoms with van der Waals surface area (Å²) in [7, 11) is 0. The third kappa shape index (κ3) is 4.34. The largest absolute Gasteiger partial charge is 0.330 e. The number of carbonyl (C=O) groups is 1. The van der Waals surface area contributed by atoms with Crippen LogP contribution in [-0.4, -0.2) is 15.3 Å². The first-order chi connectivity index (χ1) is 14.5. The predicted octanol–water partition coefficient (Wildman–Crippen LogP) is 5.69. The first-order valence-corrected chi connectivity index (χ1v) is 9.84. The predicted molar refractivity (Wildman–Crippen MR) is 121 cm³/mol. The Labute approximate surface area is 179 Å². The van der Waals surface area contributed by atoms with Crippen LogP contribution in [0.5, 0.6) is 0 Å². The van der Waals surface area contributed by atoms with Crippen LogP contribution in [0.2, 0.25) is 5.02 Å². The van der Waals surface area contributed by atoms with Crippen LogP contribution < -0.4 is 5.69 Å². The zero-order valence-corrected chi connectivity index (χ0v) is 17.1. The normalized spacial score (nSPS) is 11.1. The van der Waals surface area contributed by atoms with Crippen LogP contribution in [0.25, 0.3) is 23.0 Å². The topological polar surface area (TPSA) is 54.9 Å². The molecule has 0 amide bonds. The first-order valence-electron chi connectivity index (χ1n) is 9.47. The number of rotatable bonds is 5. The third-order valence-electron chi connectivity index (χ3n) is 4.79. The maximum atomic E-state index is 12.6. The Balaban J connectivity index is 1.60. The van der Waals surface area contributed by atoms with Gasteiger partial charge in [0.2, 0.25) is 0 Å². The highest BCUT2D eigenvalue weighted by Crippen LogP contribution is 2.19. The summed E-state index contributed by atoms with van der Waals surface area (Å²) in [5.74, 6) is -0.144. The summed E-state index contributed by atoms with van der Waals surface area (Å²) >= 11 is 5.88. The van der Waals surface area contributed by atoms with Crippen molar-refractivity contribution in [2.75, 3.05) is 0 Å². The van der Waals surface area contributed by atoms with Gasteiger partial charge < -0.3 is 4.98 Å². The van der Waals surface area contributed by atoms with Crippen molar-refractivity contribution in [1.29, 1.82) is 0 Å². The summed E-state index contributed by atoms with van der Waals surface area (Å²) in [6.07, 6.45) is 5.00. The fourth-order valence-electron chi connectivity index (χ4n) is 3.12. The second kappa shape index (κ2) is 8.39. The quantitative estimate of drug-likeness (QED) is 0.337. The Morgan fingerprint density at radius 2 is 1.73 bits per heavy atom. The summed E-state index contributed by atoms with van der Waals surface area (Å²) < 4.78 is 1.51. The van der Waals surface area contributed by atoms with E-state index in [1.165, 1.54) is 10.6 Å². The van der Waals surface area contributed by atoms with Crippen LogP contribution in [0.3, 0.4) is 0 Å². The van der Waals surface area contributed by atoms with E-state index in [-0.39, 0.29) is 11.5 Å². The average molecular weight is 415 g/mol. The molecule has 0 unspecified atom stereocenters. The van der Waals surface area contributed by atoms with E-state index in [0.717, 1.165) is 22.4 Å². The lowest BCUT2D eigenvalue weighted by atomic mass is 10.1. The molecule has 4 nitrogen and oxygen atoms in total. The number of imidazole rings is 1. The zero-order chi connectivity index (χ0) is 21.1. The highest BCUT2D eigenvalue weighted by atomic mass is 35.5. The van der Waals surface area contributed by atoms with Crippen molar-refractivity contribution in [3.05, 3.63) is 117 Å². The second-order valence-electron chi connectivity index (χ2n) is 7.01. The molecule has 0 aliphatic carbocycles. The summed E-state index contributed by atoms with van der Waals surface area (Å²) in [6.45, 7) is 2.02. The van der Waals surface area contributed by atoms with E-state index in [1.54, 1.807) is 48.7 Å². The third-order valence-corrected chi connectivity index (χ3v) is 5.04.